The third kappa shape index (κ3) is 6.16. The number of carbonyl (C=O) groups excluding carboxylic acids is 1. The molecule has 0 spiro atoms. The Hall–Kier alpha value is -2.68. The van der Waals surface area contributed by atoms with Crippen molar-refractivity contribution in [2.24, 2.45) is 0 Å². The number of nitrogens with one attached hydrogen (secondary N) is 1. The number of nitriles is 1. The van der Waals surface area contributed by atoms with E-state index in [1.54, 1.807) is 48.5 Å². The van der Waals surface area contributed by atoms with Gasteiger partial charge in [-0.15, -0.1) is 0 Å². The predicted octanol–water partition coefficient (Wildman–Crippen LogP) is 7.42. The Bertz CT molecular complexity index is 1160. The zero-order valence-corrected chi connectivity index (χ0v) is 18.9. The Morgan fingerprint density at radius 2 is 1.61 bits per heavy atom. The summed E-state index contributed by atoms with van der Waals surface area (Å²) in [6, 6.07) is 18.9. The molecular formula is C23H14Cl4N2O2. The average molecular weight is 492 g/mol. The van der Waals surface area contributed by atoms with Gasteiger partial charge in [0.2, 0.25) is 0 Å². The third-order valence-electron chi connectivity index (χ3n) is 4.12. The monoisotopic (exact) mass is 490 g/mol. The van der Waals surface area contributed by atoms with E-state index in [0.29, 0.717) is 27.0 Å². The van der Waals surface area contributed by atoms with Crippen LogP contribution in [-0.4, -0.2) is 5.91 Å². The zero-order chi connectivity index (χ0) is 22.4. The minimum Gasteiger partial charge on any atom is -0.486 e. The predicted molar refractivity (Wildman–Crippen MR) is 126 cm³/mol. The molecule has 0 atom stereocenters. The summed E-state index contributed by atoms with van der Waals surface area (Å²) < 4.78 is 5.73. The van der Waals surface area contributed by atoms with Crippen molar-refractivity contribution in [3.63, 3.8) is 0 Å². The first-order valence-corrected chi connectivity index (χ1v) is 10.4. The molecule has 1 N–H and O–H groups in total. The normalized spacial score (nSPS) is 11.0. The fourth-order valence-electron chi connectivity index (χ4n) is 2.60. The van der Waals surface area contributed by atoms with Crippen molar-refractivity contribution in [3.8, 4) is 11.8 Å². The fourth-order valence-corrected chi connectivity index (χ4v) is 3.53. The molecule has 4 nitrogen and oxygen atoms in total. The quantitative estimate of drug-likeness (QED) is 0.288. The molecule has 3 rings (SSSR count). The summed E-state index contributed by atoms with van der Waals surface area (Å²) in [6.45, 7) is 0.246. The third-order valence-corrected chi connectivity index (χ3v) is 5.26. The van der Waals surface area contributed by atoms with Crippen LogP contribution in [0.5, 0.6) is 5.75 Å². The molecule has 0 aliphatic rings. The van der Waals surface area contributed by atoms with Gasteiger partial charge in [0.15, 0.2) is 5.75 Å². The first-order valence-electron chi connectivity index (χ1n) is 8.91. The van der Waals surface area contributed by atoms with Crippen molar-refractivity contribution in [3.05, 3.63) is 97.5 Å². The number of anilines is 1. The maximum absolute atomic E-state index is 12.5. The van der Waals surface area contributed by atoms with Crippen LogP contribution >= 0.6 is 46.4 Å². The molecule has 0 aliphatic heterocycles. The van der Waals surface area contributed by atoms with E-state index in [4.69, 9.17) is 51.1 Å². The van der Waals surface area contributed by atoms with Crippen LogP contribution in [0, 0.1) is 11.3 Å². The van der Waals surface area contributed by atoms with Gasteiger partial charge in [-0.1, -0.05) is 70.7 Å². The Morgan fingerprint density at radius 1 is 0.968 bits per heavy atom. The molecule has 3 aromatic carbocycles. The van der Waals surface area contributed by atoms with Gasteiger partial charge >= 0.3 is 0 Å². The van der Waals surface area contributed by atoms with Gasteiger partial charge < -0.3 is 10.1 Å². The van der Waals surface area contributed by atoms with Crippen molar-refractivity contribution in [1.29, 1.82) is 5.26 Å². The van der Waals surface area contributed by atoms with Gasteiger partial charge in [0.25, 0.3) is 5.91 Å². The number of para-hydroxylation sites is 1. The Morgan fingerprint density at radius 3 is 2.23 bits per heavy atom. The van der Waals surface area contributed by atoms with Crippen molar-refractivity contribution < 1.29 is 9.53 Å². The highest BCUT2D eigenvalue weighted by Crippen LogP contribution is 2.35. The maximum atomic E-state index is 12.5. The maximum Gasteiger partial charge on any atom is 0.266 e. The molecule has 0 fully saturated rings. The number of halogens is 4. The molecule has 1 amide bonds. The molecule has 0 aliphatic carbocycles. The van der Waals surface area contributed by atoms with E-state index in [1.807, 2.05) is 18.2 Å². The number of benzene rings is 3. The molecular weight excluding hydrogens is 478 g/mol. The number of hydrogen-bond donors (Lipinski definition) is 1. The van der Waals surface area contributed by atoms with Gasteiger partial charge in [0.1, 0.15) is 18.2 Å². The number of carbonyl (C=O) groups is 1. The molecule has 0 radical (unpaired) electrons. The second-order valence-corrected chi connectivity index (χ2v) is 7.99. The van der Waals surface area contributed by atoms with Crippen LogP contribution in [0.4, 0.5) is 5.69 Å². The highest BCUT2D eigenvalue weighted by molar-refractivity contribution is 6.37. The minimum absolute atomic E-state index is 0.137. The van der Waals surface area contributed by atoms with E-state index >= 15 is 0 Å². The molecule has 3 aromatic rings. The lowest BCUT2D eigenvalue weighted by molar-refractivity contribution is -0.112. The van der Waals surface area contributed by atoms with E-state index in [2.05, 4.69) is 5.32 Å². The number of rotatable bonds is 6. The van der Waals surface area contributed by atoms with Gasteiger partial charge in [0, 0.05) is 5.02 Å². The summed E-state index contributed by atoms with van der Waals surface area (Å²) in [5, 5.41) is 13.5. The molecule has 0 unspecified atom stereocenters. The van der Waals surface area contributed by atoms with Crippen molar-refractivity contribution in [2.75, 3.05) is 5.32 Å². The number of hydrogen-bond acceptors (Lipinski definition) is 3. The lowest BCUT2D eigenvalue weighted by Gasteiger charge is -2.11. The first kappa shape index (κ1) is 23.0. The molecule has 0 bridgehead atoms. The summed E-state index contributed by atoms with van der Waals surface area (Å²) in [5.74, 6) is -0.305. The van der Waals surface area contributed by atoms with E-state index in [-0.39, 0.29) is 22.2 Å². The van der Waals surface area contributed by atoms with E-state index in [1.165, 1.54) is 6.08 Å². The second-order valence-electron chi connectivity index (χ2n) is 6.33. The Balaban J connectivity index is 1.78. The summed E-state index contributed by atoms with van der Waals surface area (Å²) in [5.41, 5.74) is 1.63. The van der Waals surface area contributed by atoms with Gasteiger partial charge in [-0.05, 0) is 53.6 Å². The standard InChI is InChI=1S/C23H14Cl4N2O2/c24-17-7-5-14(6-8-17)13-31-22-19(26)10-15(11-20(22)27)9-16(12-28)23(30)29-21-4-2-1-3-18(21)25/h1-11H,13H2,(H,29,30)/b16-9+. The molecule has 8 heteroatoms. The summed E-state index contributed by atoms with van der Waals surface area (Å²) >= 11 is 24.6. The lowest BCUT2D eigenvalue weighted by Crippen LogP contribution is -2.13. The smallest absolute Gasteiger partial charge is 0.266 e. The Labute approximate surface area is 199 Å². The van der Waals surface area contributed by atoms with Crippen molar-refractivity contribution >= 4 is 64.1 Å². The molecule has 0 saturated heterocycles. The molecule has 0 aromatic heterocycles. The molecule has 0 saturated carbocycles. The largest absolute Gasteiger partial charge is 0.486 e. The molecule has 156 valence electrons. The highest BCUT2D eigenvalue weighted by Gasteiger charge is 2.14. The van der Waals surface area contributed by atoms with Crippen LogP contribution in [0.25, 0.3) is 6.08 Å². The van der Waals surface area contributed by atoms with Gasteiger partial charge in [-0.2, -0.15) is 5.26 Å². The van der Waals surface area contributed by atoms with Gasteiger partial charge in [-0.3, -0.25) is 4.79 Å². The first-order chi connectivity index (χ1) is 14.9. The number of amides is 1. The SMILES string of the molecule is N#C/C(=C\c1cc(Cl)c(OCc2ccc(Cl)cc2)c(Cl)c1)C(=O)Nc1ccccc1Cl. The molecule has 31 heavy (non-hydrogen) atoms. The average Bonchev–Trinajstić information content (AvgIpc) is 2.74. The second kappa shape index (κ2) is 10.6. The minimum atomic E-state index is -0.606. The van der Waals surface area contributed by atoms with Crippen molar-refractivity contribution in [2.45, 2.75) is 6.61 Å². The Kier molecular flexibility index (Phi) is 7.84. The fraction of sp³-hybridized carbons (Fsp3) is 0.0435. The topological polar surface area (TPSA) is 62.1 Å². The van der Waals surface area contributed by atoms with E-state index < -0.39 is 5.91 Å². The van der Waals surface area contributed by atoms with Crippen LogP contribution in [0.15, 0.2) is 66.2 Å². The number of ether oxygens (including phenoxy) is 1. The van der Waals surface area contributed by atoms with E-state index in [9.17, 15) is 10.1 Å². The van der Waals surface area contributed by atoms with Gasteiger partial charge in [0.05, 0.1) is 20.8 Å². The van der Waals surface area contributed by atoms with Crippen molar-refractivity contribution in [1.82, 2.24) is 0 Å². The summed E-state index contributed by atoms with van der Waals surface area (Å²) in [6.07, 6.45) is 1.38. The van der Waals surface area contributed by atoms with Crippen LogP contribution < -0.4 is 10.1 Å². The highest BCUT2D eigenvalue weighted by atomic mass is 35.5. The molecule has 0 heterocycles. The summed E-state index contributed by atoms with van der Waals surface area (Å²) in [4.78, 5) is 12.5. The van der Waals surface area contributed by atoms with E-state index in [0.717, 1.165) is 5.56 Å². The van der Waals surface area contributed by atoms with Crippen LogP contribution in [-0.2, 0) is 11.4 Å². The number of nitrogens with zero attached hydrogens (tertiary/aromatic N) is 1. The van der Waals surface area contributed by atoms with Crippen LogP contribution in [0.1, 0.15) is 11.1 Å². The van der Waals surface area contributed by atoms with Crippen LogP contribution in [0.2, 0.25) is 20.1 Å². The zero-order valence-electron chi connectivity index (χ0n) is 15.8. The van der Waals surface area contributed by atoms with Crippen LogP contribution in [0.3, 0.4) is 0 Å². The summed E-state index contributed by atoms with van der Waals surface area (Å²) in [7, 11) is 0. The lowest BCUT2D eigenvalue weighted by atomic mass is 10.1. The van der Waals surface area contributed by atoms with Gasteiger partial charge in [-0.25, -0.2) is 0 Å².